The Kier molecular flexibility index (Phi) is 2.23. The van der Waals surface area contributed by atoms with Gasteiger partial charge in [-0.1, -0.05) is 5.57 Å². The van der Waals surface area contributed by atoms with E-state index in [9.17, 15) is 8.78 Å². The standard InChI is InChI=1S/C13H15F2N/c14-13(15)7-10-2-1-9-3-5-16-6-4-11(9)12(10)8-13/h4-6,9-10H,1-3,7-8H2. The molecule has 0 N–H and O–H groups in total. The molecule has 0 radical (unpaired) electrons. The fourth-order valence-electron chi connectivity index (χ4n) is 3.27. The van der Waals surface area contributed by atoms with Crippen LogP contribution in [0.4, 0.5) is 8.78 Å². The Labute approximate surface area is 93.9 Å². The lowest BCUT2D eigenvalue weighted by molar-refractivity contribution is 0.00636. The molecule has 86 valence electrons. The van der Waals surface area contributed by atoms with Crippen LogP contribution in [0.3, 0.4) is 0 Å². The van der Waals surface area contributed by atoms with Gasteiger partial charge in [0, 0.05) is 25.3 Å². The molecule has 3 aliphatic rings. The quantitative estimate of drug-likeness (QED) is 0.593. The summed E-state index contributed by atoms with van der Waals surface area (Å²) >= 11 is 0. The van der Waals surface area contributed by atoms with Crippen LogP contribution in [0.25, 0.3) is 0 Å². The summed E-state index contributed by atoms with van der Waals surface area (Å²) in [5.41, 5.74) is 2.17. The minimum atomic E-state index is -2.47. The molecule has 2 atom stereocenters. The maximum absolute atomic E-state index is 13.4. The van der Waals surface area contributed by atoms with Crippen molar-refractivity contribution in [3.05, 3.63) is 23.4 Å². The highest BCUT2D eigenvalue weighted by Gasteiger charge is 2.45. The SMILES string of the molecule is FC1(F)CC2=C3C=CN=CCC3CCC2C1. The minimum Gasteiger partial charge on any atom is -0.269 e. The first kappa shape index (κ1) is 10.2. The van der Waals surface area contributed by atoms with Gasteiger partial charge in [0.15, 0.2) is 0 Å². The first-order valence-electron chi connectivity index (χ1n) is 5.95. The highest BCUT2D eigenvalue weighted by molar-refractivity contribution is 5.61. The number of hydrogen-bond acceptors (Lipinski definition) is 1. The average molecular weight is 223 g/mol. The Morgan fingerprint density at radius 3 is 2.94 bits per heavy atom. The second-order valence-corrected chi connectivity index (χ2v) is 5.07. The Morgan fingerprint density at radius 1 is 1.25 bits per heavy atom. The maximum Gasteiger partial charge on any atom is 0.252 e. The second kappa shape index (κ2) is 3.51. The first-order valence-corrected chi connectivity index (χ1v) is 5.95. The minimum absolute atomic E-state index is 0.0200. The van der Waals surface area contributed by atoms with Gasteiger partial charge in [0.1, 0.15) is 0 Å². The van der Waals surface area contributed by atoms with Crippen LogP contribution in [-0.2, 0) is 0 Å². The van der Waals surface area contributed by atoms with Gasteiger partial charge in [0.2, 0.25) is 0 Å². The number of aliphatic imine (C=N–C) groups is 1. The lowest BCUT2D eigenvalue weighted by atomic mass is 9.77. The molecular formula is C13H15F2N. The highest BCUT2D eigenvalue weighted by atomic mass is 19.3. The summed E-state index contributed by atoms with van der Waals surface area (Å²) in [6, 6.07) is 0. The van der Waals surface area contributed by atoms with Crippen molar-refractivity contribution in [1.82, 2.24) is 0 Å². The van der Waals surface area contributed by atoms with Crippen LogP contribution in [0, 0.1) is 11.8 Å². The van der Waals surface area contributed by atoms with E-state index in [2.05, 4.69) is 4.99 Å². The lowest BCUT2D eigenvalue weighted by Gasteiger charge is -2.27. The molecule has 2 aliphatic carbocycles. The summed E-state index contributed by atoms with van der Waals surface area (Å²) < 4.78 is 26.8. The van der Waals surface area contributed by atoms with E-state index < -0.39 is 5.92 Å². The molecule has 0 saturated heterocycles. The van der Waals surface area contributed by atoms with Crippen LogP contribution in [-0.4, -0.2) is 12.1 Å². The second-order valence-electron chi connectivity index (χ2n) is 5.07. The molecule has 0 aromatic carbocycles. The van der Waals surface area contributed by atoms with Crippen molar-refractivity contribution < 1.29 is 8.78 Å². The number of rotatable bonds is 0. The Hall–Kier alpha value is -0.990. The number of alkyl halides is 2. The molecule has 1 nitrogen and oxygen atoms in total. The Bertz CT molecular complexity index is 393. The average Bonchev–Trinajstić information content (AvgIpc) is 2.44. The Balaban J connectivity index is 2.00. The molecule has 1 saturated carbocycles. The van der Waals surface area contributed by atoms with E-state index in [4.69, 9.17) is 0 Å². The van der Waals surface area contributed by atoms with Crippen LogP contribution in [0.1, 0.15) is 32.1 Å². The first-order chi connectivity index (χ1) is 7.66. The zero-order chi connectivity index (χ0) is 11.2. The molecule has 0 bridgehead atoms. The number of fused-ring (bicyclic) bond motifs is 2. The van der Waals surface area contributed by atoms with Crippen molar-refractivity contribution in [3.8, 4) is 0 Å². The van der Waals surface area contributed by atoms with E-state index in [1.807, 2.05) is 12.3 Å². The van der Waals surface area contributed by atoms with E-state index >= 15 is 0 Å². The third kappa shape index (κ3) is 1.62. The number of halogens is 2. The van der Waals surface area contributed by atoms with Crippen LogP contribution in [0.5, 0.6) is 0 Å². The van der Waals surface area contributed by atoms with Crippen molar-refractivity contribution in [1.29, 1.82) is 0 Å². The van der Waals surface area contributed by atoms with Gasteiger partial charge in [-0.25, -0.2) is 8.78 Å². The summed E-state index contributed by atoms with van der Waals surface area (Å²) in [7, 11) is 0. The summed E-state index contributed by atoms with van der Waals surface area (Å²) in [6.07, 6.45) is 8.53. The normalized spacial score (nSPS) is 35.9. The van der Waals surface area contributed by atoms with E-state index in [1.54, 1.807) is 6.20 Å². The lowest BCUT2D eigenvalue weighted by Crippen LogP contribution is -2.15. The summed E-state index contributed by atoms with van der Waals surface area (Å²) in [5.74, 6) is -1.91. The van der Waals surface area contributed by atoms with Crippen LogP contribution in [0.15, 0.2) is 28.4 Å². The van der Waals surface area contributed by atoms with Gasteiger partial charge in [0.05, 0.1) is 0 Å². The Morgan fingerprint density at radius 2 is 2.06 bits per heavy atom. The van der Waals surface area contributed by atoms with Gasteiger partial charge in [-0.05, 0) is 42.7 Å². The molecule has 16 heavy (non-hydrogen) atoms. The topological polar surface area (TPSA) is 12.4 Å². The van der Waals surface area contributed by atoms with E-state index in [0.717, 1.165) is 30.4 Å². The van der Waals surface area contributed by atoms with Gasteiger partial charge < -0.3 is 0 Å². The number of nitrogens with zero attached hydrogens (tertiary/aromatic N) is 1. The molecule has 0 aromatic rings. The number of hydrogen-bond donors (Lipinski definition) is 0. The molecule has 0 spiro atoms. The molecule has 0 amide bonds. The van der Waals surface area contributed by atoms with Crippen LogP contribution >= 0.6 is 0 Å². The van der Waals surface area contributed by atoms with Crippen molar-refractivity contribution in [2.45, 2.75) is 38.0 Å². The summed E-state index contributed by atoms with van der Waals surface area (Å²) in [4.78, 5) is 4.12. The molecule has 0 aromatic heterocycles. The largest absolute Gasteiger partial charge is 0.269 e. The molecule has 2 unspecified atom stereocenters. The zero-order valence-corrected chi connectivity index (χ0v) is 9.13. The van der Waals surface area contributed by atoms with Crippen LogP contribution < -0.4 is 0 Å². The molecule has 1 aliphatic heterocycles. The predicted molar refractivity (Wildman–Crippen MR) is 59.7 cm³/mol. The fourth-order valence-corrected chi connectivity index (χ4v) is 3.27. The van der Waals surface area contributed by atoms with E-state index in [1.165, 1.54) is 0 Å². The van der Waals surface area contributed by atoms with Crippen molar-refractivity contribution in [2.75, 3.05) is 0 Å². The molecular weight excluding hydrogens is 208 g/mol. The molecule has 3 heteroatoms. The zero-order valence-electron chi connectivity index (χ0n) is 9.13. The van der Waals surface area contributed by atoms with Crippen LogP contribution in [0.2, 0.25) is 0 Å². The third-order valence-corrected chi connectivity index (χ3v) is 4.00. The van der Waals surface area contributed by atoms with Crippen molar-refractivity contribution >= 4 is 6.21 Å². The summed E-state index contributed by atoms with van der Waals surface area (Å²) in [5, 5.41) is 0. The van der Waals surface area contributed by atoms with E-state index in [0.29, 0.717) is 5.92 Å². The van der Waals surface area contributed by atoms with Gasteiger partial charge >= 0.3 is 0 Å². The van der Waals surface area contributed by atoms with Gasteiger partial charge in [-0.15, -0.1) is 0 Å². The molecule has 3 rings (SSSR count). The van der Waals surface area contributed by atoms with Gasteiger partial charge in [-0.2, -0.15) is 0 Å². The van der Waals surface area contributed by atoms with Gasteiger partial charge in [0.25, 0.3) is 5.92 Å². The molecule has 1 fully saturated rings. The summed E-state index contributed by atoms with van der Waals surface area (Å²) in [6.45, 7) is 0. The third-order valence-electron chi connectivity index (χ3n) is 4.00. The van der Waals surface area contributed by atoms with Crippen molar-refractivity contribution in [2.24, 2.45) is 16.8 Å². The van der Waals surface area contributed by atoms with Crippen molar-refractivity contribution in [3.63, 3.8) is 0 Å². The maximum atomic E-state index is 13.4. The van der Waals surface area contributed by atoms with E-state index in [-0.39, 0.29) is 18.8 Å². The monoisotopic (exact) mass is 223 g/mol. The smallest absolute Gasteiger partial charge is 0.252 e. The van der Waals surface area contributed by atoms with Gasteiger partial charge in [-0.3, -0.25) is 4.99 Å². The number of allylic oxidation sites excluding steroid dienone is 3. The highest BCUT2D eigenvalue weighted by Crippen LogP contribution is 2.51. The molecule has 1 heterocycles. The fraction of sp³-hybridized carbons (Fsp3) is 0.615. The predicted octanol–water partition coefficient (Wildman–Crippen LogP) is 3.73.